The molecule has 8 nitrogen and oxygen atoms in total. The molecule has 0 unspecified atom stereocenters. The molecule has 0 bridgehead atoms. The van der Waals surface area contributed by atoms with Gasteiger partial charge in [-0.2, -0.15) is 0 Å². The van der Waals surface area contributed by atoms with Crippen molar-refractivity contribution in [3.8, 4) is 11.1 Å². The second-order valence-corrected chi connectivity index (χ2v) is 9.84. The Morgan fingerprint density at radius 2 is 1.90 bits per heavy atom. The molecule has 3 N–H and O–H groups in total. The number of aromatic nitrogens is 2. The van der Waals surface area contributed by atoms with E-state index < -0.39 is 20.5 Å². The van der Waals surface area contributed by atoms with Crippen LogP contribution in [0.25, 0.3) is 22.0 Å². The Labute approximate surface area is 168 Å². The first-order valence-electron chi connectivity index (χ1n) is 8.99. The predicted molar refractivity (Wildman–Crippen MR) is 111 cm³/mol. The first-order chi connectivity index (χ1) is 13.5. The van der Waals surface area contributed by atoms with Crippen molar-refractivity contribution in [2.45, 2.75) is 31.6 Å². The predicted octanol–water partition coefficient (Wildman–Crippen LogP) is 2.00. The Bertz CT molecular complexity index is 1240. The number of aromatic amines is 1. The van der Waals surface area contributed by atoms with Crippen molar-refractivity contribution in [1.29, 1.82) is 0 Å². The van der Waals surface area contributed by atoms with Crippen LogP contribution in [-0.2, 0) is 21.2 Å². The molecule has 9 heteroatoms. The van der Waals surface area contributed by atoms with E-state index in [0.29, 0.717) is 0 Å². The van der Waals surface area contributed by atoms with Crippen molar-refractivity contribution in [2.24, 2.45) is 0 Å². The zero-order valence-corrected chi connectivity index (χ0v) is 17.2. The number of H-pyrrole nitrogens is 1. The number of hydroxylamine groups is 1. The molecule has 154 valence electrons. The van der Waals surface area contributed by atoms with Crippen LogP contribution in [-0.4, -0.2) is 40.1 Å². The summed E-state index contributed by atoms with van der Waals surface area (Å²) in [5, 5.41) is 9.93. The maximum atomic E-state index is 12.5. The summed E-state index contributed by atoms with van der Waals surface area (Å²) >= 11 is 0. The Balaban J connectivity index is 1.87. The van der Waals surface area contributed by atoms with Gasteiger partial charge in [-0.25, -0.2) is 13.9 Å². The molecule has 1 atom stereocenters. The van der Waals surface area contributed by atoms with E-state index in [-0.39, 0.29) is 18.5 Å². The number of carbonyl (C=O) groups is 1. The number of hydrogen-bond acceptors (Lipinski definition) is 5. The molecule has 0 fully saturated rings. The van der Waals surface area contributed by atoms with E-state index in [1.165, 1.54) is 23.0 Å². The monoisotopic (exact) mass is 417 g/mol. The average molecular weight is 417 g/mol. The summed E-state index contributed by atoms with van der Waals surface area (Å²) in [6.45, 7) is 3.20. The van der Waals surface area contributed by atoms with Crippen LogP contribution in [0.15, 0.2) is 47.4 Å². The lowest BCUT2D eigenvalue weighted by atomic mass is 10.0. The largest absolute Gasteiger partial charge is 0.359 e. The van der Waals surface area contributed by atoms with Crippen LogP contribution in [0, 0.1) is 6.92 Å². The van der Waals surface area contributed by atoms with Gasteiger partial charge in [0.25, 0.3) is 11.5 Å². The molecule has 0 aliphatic carbocycles. The number of fused-ring (bicyclic) bond motifs is 1. The van der Waals surface area contributed by atoms with Crippen molar-refractivity contribution in [2.75, 3.05) is 6.26 Å². The molecular weight excluding hydrogens is 394 g/mol. The van der Waals surface area contributed by atoms with Gasteiger partial charge in [0.1, 0.15) is 0 Å². The molecule has 0 saturated carbocycles. The average Bonchev–Trinajstić information content (AvgIpc) is 3.04. The van der Waals surface area contributed by atoms with E-state index >= 15 is 0 Å². The number of pyridine rings is 1. The number of nitrogens with zero attached hydrogens (tertiary/aromatic N) is 1. The Morgan fingerprint density at radius 3 is 2.52 bits per heavy atom. The standard InChI is InChI=1S/C20H23N3O5S/c1-13-10-16-11-14(4-5-17(16)21-13)15-6-8-23(18(24)12-15)9-7-20(2,19(25)22-26)29(3,27)28/h4-6,8,10-12,21,26H,7,9H2,1-3H3,(H,22,25)/t20-/m1/s1. The number of benzene rings is 1. The number of hydrogen-bond donors (Lipinski definition) is 3. The van der Waals surface area contributed by atoms with Crippen molar-refractivity contribution < 1.29 is 18.4 Å². The third-order valence-electron chi connectivity index (χ3n) is 5.31. The van der Waals surface area contributed by atoms with Crippen molar-refractivity contribution >= 4 is 26.6 Å². The minimum Gasteiger partial charge on any atom is -0.359 e. The quantitative estimate of drug-likeness (QED) is 0.418. The lowest BCUT2D eigenvalue weighted by Crippen LogP contribution is -2.49. The number of aryl methyl sites for hydroxylation is 2. The maximum absolute atomic E-state index is 12.5. The Kier molecular flexibility index (Phi) is 5.38. The molecular formula is C20H23N3O5S. The normalized spacial score (nSPS) is 13.9. The summed E-state index contributed by atoms with van der Waals surface area (Å²) in [6, 6.07) is 11.1. The van der Waals surface area contributed by atoms with Gasteiger partial charge in [0.05, 0.1) is 0 Å². The van der Waals surface area contributed by atoms with Gasteiger partial charge in [0.15, 0.2) is 14.6 Å². The van der Waals surface area contributed by atoms with E-state index in [4.69, 9.17) is 5.21 Å². The molecule has 0 aliphatic heterocycles. The van der Waals surface area contributed by atoms with Crippen molar-refractivity contribution in [1.82, 2.24) is 15.0 Å². The van der Waals surface area contributed by atoms with Crippen LogP contribution in [0.3, 0.4) is 0 Å². The highest BCUT2D eigenvalue weighted by Crippen LogP contribution is 2.25. The van der Waals surface area contributed by atoms with Gasteiger partial charge >= 0.3 is 0 Å². The summed E-state index contributed by atoms with van der Waals surface area (Å²) in [7, 11) is -3.82. The van der Waals surface area contributed by atoms with E-state index in [9.17, 15) is 18.0 Å². The summed E-state index contributed by atoms with van der Waals surface area (Å²) in [5.41, 5.74) is 4.79. The van der Waals surface area contributed by atoms with Gasteiger partial charge in [0, 0.05) is 41.7 Å². The zero-order chi connectivity index (χ0) is 21.4. The number of sulfone groups is 1. The third-order valence-corrected chi connectivity index (χ3v) is 7.34. The minimum absolute atomic E-state index is 0.00609. The van der Waals surface area contributed by atoms with Crippen LogP contribution in [0.1, 0.15) is 19.0 Å². The molecule has 2 heterocycles. The summed E-state index contributed by atoms with van der Waals surface area (Å²) in [5.74, 6) is -1.03. The molecule has 3 aromatic rings. The highest BCUT2D eigenvalue weighted by molar-refractivity contribution is 7.92. The zero-order valence-electron chi connectivity index (χ0n) is 16.4. The number of rotatable bonds is 6. The molecule has 2 aromatic heterocycles. The number of nitrogens with one attached hydrogen (secondary N) is 2. The molecule has 1 amide bonds. The van der Waals surface area contributed by atoms with Crippen LogP contribution >= 0.6 is 0 Å². The maximum Gasteiger partial charge on any atom is 0.264 e. The van der Waals surface area contributed by atoms with Gasteiger partial charge in [-0.1, -0.05) is 6.07 Å². The fraction of sp³-hybridized carbons (Fsp3) is 0.300. The first-order valence-corrected chi connectivity index (χ1v) is 10.9. The lowest BCUT2D eigenvalue weighted by molar-refractivity contribution is -0.131. The highest BCUT2D eigenvalue weighted by atomic mass is 32.2. The fourth-order valence-electron chi connectivity index (χ4n) is 3.25. The number of amides is 1. The van der Waals surface area contributed by atoms with Gasteiger partial charge in [-0.15, -0.1) is 0 Å². The second-order valence-electron chi connectivity index (χ2n) is 7.40. The van der Waals surface area contributed by atoms with E-state index in [1.807, 2.05) is 31.2 Å². The summed E-state index contributed by atoms with van der Waals surface area (Å²) in [4.78, 5) is 27.7. The second kappa shape index (κ2) is 7.49. The molecule has 29 heavy (non-hydrogen) atoms. The summed E-state index contributed by atoms with van der Waals surface area (Å²) < 4.78 is 23.6. The van der Waals surface area contributed by atoms with Gasteiger partial charge in [0.2, 0.25) is 0 Å². The fourth-order valence-corrected chi connectivity index (χ4v) is 4.09. The van der Waals surface area contributed by atoms with Gasteiger partial charge < -0.3 is 9.55 Å². The topological polar surface area (TPSA) is 121 Å². The van der Waals surface area contributed by atoms with Gasteiger partial charge in [-0.05, 0) is 55.7 Å². The minimum atomic E-state index is -3.82. The molecule has 0 saturated heterocycles. The lowest BCUT2D eigenvalue weighted by Gasteiger charge is -2.25. The van der Waals surface area contributed by atoms with E-state index in [2.05, 4.69) is 4.98 Å². The van der Waals surface area contributed by atoms with Gasteiger partial charge in [-0.3, -0.25) is 14.8 Å². The molecule has 1 aromatic carbocycles. The van der Waals surface area contributed by atoms with Crippen molar-refractivity contribution in [3.63, 3.8) is 0 Å². The summed E-state index contributed by atoms with van der Waals surface area (Å²) in [6.07, 6.45) is 2.34. The molecule has 0 radical (unpaired) electrons. The molecule has 0 spiro atoms. The molecule has 0 aliphatic rings. The van der Waals surface area contributed by atoms with Crippen molar-refractivity contribution in [3.05, 3.63) is 58.6 Å². The van der Waals surface area contributed by atoms with Crippen LogP contribution in [0.2, 0.25) is 0 Å². The van der Waals surface area contributed by atoms with Crippen LogP contribution in [0.4, 0.5) is 0 Å². The number of carbonyl (C=O) groups excluding carboxylic acids is 1. The van der Waals surface area contributed by atoms with E-state index in [0.717, 1.165) is 34.0 Å². The first kappa shape index (κ1) is 20.8. The molecule has 3 rings (SSSR count). The Hall–Kier alpha value is -2.91. The Morgan fingerprint density at radius 1 is 1.21 bits per heavy atom. The van der Waals surface area contributed by atoms with Crippen LogP contribution < -0.4 is 11.0 Å². The smallest absolute Gasteiger partial charge is 0.264 e. The third kappa shape index (κ3) is 3.96. The van der Waals surface area contributed by atoms with Crippen LogP contribution in [0.5, 0.6) is 0 Å². The van der Waals surface area contributed by atoms with E-state index in [1.54, 1.807) is 12.3 Å². The highest BCUT2D eigenvalue weighted by Gasteiger charge is 2.43. The SMILES string of the molecule is Cc1cc2cc(-c3ccn(CC[C@](C)(C(=O)NO)S(C)(=O)=O)c(=O)c3)ccc2[nH]1.